The summed E-state index contributed by atoms with van der Waals surface area (Å²) in [5.41, 5.74) is 0.169. The van der Waals surface area contributed by atoms with Crippen molar-refractivity contribution in [3.63, 3.8) is 0 Å². The molecule has 1 N–H and O–H groups in total. The van der Waals surface area contributed by atoms with Crippen LogP contribution in [-0.2, 0) is 9.59 Å². The number of hydrogen-bond donors (Lipinski definition) is 1. The fourth-order valence-electron chi connectivity index (χ4n) is 2.74. The molecular formula is C18H18N4O5. The number of hydrogen-bond acceptors (Lipinski definition) is 6. The highest BCUT2D eigenvalue weighted by atomic mass is 16.6. The van der Waals surface area contributed by atoms with Gasteiger partial charge in [0.1, 0.15) is 12.4 Å². The third kappa shape index (κ3) is 3.86. The van der Waals surface area contributed by atoms with Crippen LogP contribution in [0.5, 0.6) is 5.75 Å². The Labute approximate surface area is 155 Å². The van der Waals surface area contributed by atoms with Crippen molar-refractivity contribution in [3.05, 3.63) is 52.7 Å². The Bertz CT molecular complexity index is 885. The monoisotopic (exact) mass is 370 g/mol. The van der Waals surface area contributed by atoms with Gasteiger partial charge in [-0.25, -0.2) is 4.98 Å². The summed E-state index contributed by atoms with van der Waals surface area (Å²) in [6.07, 6.45) is 0.709. The summed E-state index contributed by atoms with van der Waals surface area (Å²) in [5, 5.41) is 13.6. The van der Waals surface area contributed by atoms with Crippen LogP contribution in [0, 0.1) is 16.0 Å². The summed E-state index contributed by atoms with van der Waals surface area (Å²) in [6.45, 7) is 3.35. The van der Waals surface area contributed by atoms with Crippen molar-refractivity contribution in [3.8, 4) is 5.75 Å². The Balaban J connectivity index is 1.89. The molecule has 0 radical (unpaired) electrons. The maximum Gasteiger partial charge on any atom is 0.273 e. The molecule has 0 saturated heterocycles. The van der Waals surface area contributed by atoms with E-state index < -0.39 is 16.9 Å². The normalized spacial score (nSPS) is 15.9. The SMILES string of the molecule is CC(C)C1Oc2cc([N+](=O)[O-])ccc2N(CC(=O)Nc2ccccn2)C1=O. The molecule has 1 aromatic heterocycles. The van der Waals surface area contributed by atoms with Crippen molar-refractivity contribution < 1.29 is 19.2 Å². The molecule has 140 valence electrons. The minimum atomic E-state index is -0.831. The van der Waals surface area contributed by atoms with Gasteiger partial charge in [0.15, 0.2) is 11.9 Å². The number of carbonyl (C=O) groups is 2. The Kier molecular flexibility index (Phi) is 5.02. The Morgan fingerprint density at radius 2 is 2.15 bits per heavy atom. The quantitative estimate of drug-likeness (QED) is 0.638. The first-order chi connectivity index (χ1) is 12.9. The van der Waals surface area contributed by atoms with Gasteiger partial charge in [0.05, 0.1) is 16.7 Å². The Hall–Kier alpha value is -3.49. The number of non-ortho nitro benzene ring substituents is 1. The number of anilines is 2. The number of ether oxygens (including phenoxy) is 1. The van der Waals surface area contributed by atoms with Crippen LogP contribution in [0.4, 0.5) is 17.2 Å². The van der Waals surface area contributed by atoms with Gasteiger partial charge in [0.2, 0.25) is 5.91 Å². The highest BCUT2D eigenvalue weighted by molar-refractivity contribution is 6.06. The van der Waals surface area contributed by atoms with Crippen LogP contribution < -0.4 is 15.0 Å². The lowest BCUT2D eigenvalue weighted by Crippen LogP contribution is -2.50. The van der Waals surface area contributed by atoms with E-state index in [1.54, 1.807) is 38.2 Å². The molecule has 2 amide bonds. The minimum absolute atomic E-state index is 0.150. The van der Waals surface area contributed by atoms with Crippen molar-refractivity contribution in [1.82, 2.24) is 4.98 Å². The molecule has 0 saturated carbocycles. The number of carbonyl (C=O) groups excluding carboxylic acids is 2. The second-order valence-corrected chi connectivity index (χ2v) is 6.38. The van der Waals surface area contributed by atoms with Gasteiger partial charge in [-0.1, -0.05) is 19.9 Å². The van der Waals surface area contributed by atoms with E-state index in [1.807, 2.05) is 0 Å². The van der Waals surface area contributed by atoms with Crippen LogP contribution in [0.15, 0.2) is 42.6 Å². The number of aromatic nitrogens is 1. The van der Waals surface area contributed by atoms with E-state index in [0.717, 1.165) is 0 Å². The molecule has 3 rings (SSSR count). The van der Waals surface area contributed by atoms with Crippen molar-refractivity contribution in [1.29, 1.82) is 0 Å². The zero-order valence-corrected chi connectivity index (χ0v) is 14.8. The van der Waals surface area contributed by atoms with Crippen LogP contribution in [0.1, 0.15) is 13.8 Å². The van der Waals surface area contributed by atoms with Crippen LogP contribution in [0.2, 0.25) is 0 Å². The predicted octanol–water partition coefficient (Wildman–Crippen LogP) is 2.38. The summed E-state index contributed by atoms with van der Waals surface area (Å²) in [7, 11) is 0. The van der Waals surface area contributed by atoms with E-state index in [-0.39, 0.29) is 29.8 Å². The third-order valence-electron chi connectivity index (χ3n) is 4.05. The molecule has 9 heteroatoms. The van der Waals surface area contributed by atoms with Crippen molar-refractivity contribution in [2.75, 3.05) is 16.8 Å². The Morgan fingerprint density at radius 1 is 1.37 bits per heavy atom. The van der Waals surface area contributed by atoms with Crippen LogP contribution >= 0.6 is 0 Å². The topological polar surface area (TPSA) is 115 Å². The standard InChI is InChI=1S/C18H18N4O5/c1-11(2)17-18(24)21(10-16(23)20-15-5-3-4-8-19-15)13-7-6-12(22(25)26)9-14(13)27-17/h3-9,11,17H,10H2,1-2H3,(H,19,20,23). The third-order valence-corrected chi connectivity index (χ3v) is 4.05. The van der Waals surface area contributed by atoms with Gasteiger partial charge < -0.3 is 10.1 Å². The average molecular weight is 370 g/mol. The summed E-state index contributed by atoms with van der Waals surface area (Å²) in [4.78, 5) is 41.0. The number of amides is 2. The largest absolute Gasteiger partial charge is 0.478 e. The van der Waals surface area contributed by atoms with Crippen molar-refractivity contribution in [2.45, 2.75) is 20.0 Å². The summed E-state index contributed by atoms with van der Waals surface area (Å²) < 4.78 is 5.69. The van der Waals surface area contributed by atoms with Crippen molar-refractivity contribution >= 4 is 29.0 Å². The van der Waals surface area contributed by atoms with Gasteiger partial charge in [0.25, 0.3) is 11.6 Å². The van der Waals surface area contributed by atoms with Crippen molar-refractivity contribution in [2.24, 2.45) is 5.92 Å². The van der Waals surface area contributed by atoms with E-state index in [0.29, 0.717) is 11.5 Å². The molecule has 1 atom stereocenters. The number of fused-ring (bicyclic) bond motifs is 1. The van der Waals surface area contributed by atoms with Crippen LogP contribution in [0.3, 0.4) is 0 Å². The number of nitrogens with zero attached hydrogens (tertiary/aromatic N) is 3. The fourth-order valence-corrected chi connectivity index (χ4v) is 2.74. The zero-order chi connectivity index (χ0) is 19.6. The molecule has 1 aliphatic heterocycles. The molecule has 1 unspecified atom stereocenters. The molecule has 1 aromatic carbocycles. The van der Waals surface area contributed by atoms with E-state index in [4.69, 9.17) is 4.74 Å². The average Bonchev–Trinajstić information content (AvgIpc) is 2.63. The maximum absolute atomic E-state index is 12.8. The first-order valence-electron chi connectivity index (χ1n) is 8.34. The van der Waals surface area contributed by atoms with Gasteiger partial charge in [-0.15, -0.1) is 0 Å². The van der Waals surface area contributed by atoms with Gasteiger partial charge in [0, 0.05) is 12.3 Å². The van der Waals surface area contributed by atoms with Gasteiger partial charge >= 0.3 is 0 Å². The first kappa shape index (κ1) is 18.3. The molecule has 27 heavy (non-hydrogen) atoms. The first-order valence-corrected chi connectivity index (χ1v) is 8.34. The van der Waals surface area contributed by atoms with E-state index >= 15 is 0 Å². The maximum atomic E-state index is 12.8. The highest BCUT2D eigenvalue weighted by Crippen LogP contribution is 2.38. The van der Waals surface area contributed by atoms with Gasteiger partial charge in [-0.3, -0.25) is 24.6 Å². The minimum Gasteiger partial charge on any atom is -0.478 e. The number of nitro groups is 1. The van der Waals surface area contributed by atoms with Crippen LogP contribution in [0.25, 0.3) is 0 Å². The number of benzene rings is 1. The van der Waals surface area contributed by atoms with Crippen LogP contribution in [-0.4, -0.2) is 34.4 Å². The highest BCUT2D eigenvalue weighted by Gasteiger charge is 2.38. The van der Waals surface area contributed by atoms with Gasteiger partial charge in [-0.2, -0.15) is 0 Å². The lowest BCUT2D eigenvalue weighted by atomic mass is 10.0. The summed E-state index contributed by atoms with van der Waals surface area (Å²) in [6, 6.07) is 9.03. The lowest BCUT2D eigenvalue weighted by molar-refractivity contribution is -0.384. The second-order valence-electron chi connectivity index (χ2n) is 6.38. The molecule has 0 aliphatic carbocycles. The van der Waals surface area contributed by atoms with E-state index in [9.17, 15) is 19.7 Å². The smallest absolute Gasteiger partial charge is 0.273 e. The molecule has 0 bridgehead atoms. The molecular weight excluding hydrogens is 352 g/mol. The number of rotatable bonds is 5. The number of pyridine rings is 1. The van der Waals surface area contributed by atoms with E-state index in [2.05, 4.69) is 10.3 Å². The second kappa shape index (κ2) is 7.40. The van der Waals surface area contributed by atoms with E-state index in [1.165, 1.54) is 23.1 Å². The summed E-state index contributed by atoms with van der Waals surface area (Å²) in [5.74, 6) is -0.412. The number of nitro benzene ring substituents is 1. The summed E-state index contributed by atoms with van der Waals surface area (Å²) >= 11 is 0. The fraction of sp³-hybridized carbons (Fsp3) is 0.278. The number of nitrogens with one attached hydrogen (secondary N) is 1. The molecule has 1 aliphatic rings. The molecule has 9 nitrogen and oxygen atoms in total. The lowest BCUT2D eigenvalue weighted by Gasteiger charge is -2.35. The van der Waals surface area contributed by atoms with Gasteiger partial charge in [-0.05, 0) is 24.1 Å². The molecule has 2 heterocycles. The molecule has 0 fully saturated rings. The zero-order valence-electron chi connectivity index (χ0n) is 14.8. The Morgan fingerprint density at radius 3 is 2.78 bits per heavy atom. The molecule has 2 aromatic rings. The predicted molar refractivity (Wildman–Crippen MR) is 97.6 cm³/mol. The molecule has 0 spiro atoms.